The first-order valence-electron chi connectivity index (χ1n) is 7.02. The van der Waals surface area contributed by atoms with Gasteiger partial charge in [-0.3, -0.25) is 9.59 Å². The summed E-state index contributed by atoms with van der Waals surface area (Å²) >= 11 is 0. The van der Waals surface area contributed by atoms with Crippen LogP contribution in [0.15, 0.2) is 48.5 Å². The summed E-state index contributed by atoms with van der Waals surface area (Å²) in [5, 5.41) is 5.13. The van der Waals surface area contributed by atoms with Gasteiger partial charge in [-0.05, 0) is 30.3 Å². The van der Waals surface area contributed by atoms with Crippen molar-refractivity contribution in [3.8, 4) is 5.75 Å². The average molecular weight is 316 g/mol. The lowest BCUT2D eigenvalue weighted by atomic mass is 10.2. The second-order valence-electron chi connectivity index (χ2n) is 4.78. The lowest BCUT2D eigenvalue weighted by Gasteiger charge is -2.10. The number of hydrogen-bond donors (Lipinski definition) is 2. The molecule has 0 aliphatic heterocycles. The number of halogens is 1. The number of carbonyl (C=O) groups is 2. The van der Waals surface area contributed by atoms with Crippen LogP contribution in [-0.4, -0.2) is 25.5 Å². The maximum absolute atomic E-state index is 13.2. The van der Waals surface area contributed by atoms with Gasteiger partial charge in [-0.1, -0.05) is 18.2 Å². The van der Waals surface area contributed by atoms with E-state index in [9.17, 15) is 14.0 Å². The van der Waals surface area contributed by atoms with Crippen molar-refractivity contribution in [1.82, 2.24) is 10.6 Å². The first kappa shape index (κ1) is 16.5. The highest BCUT2D eigenvalue weighted by molar-refractivity contribution is 5.96. The number of hydrogen-bond acceptors (Lipinski definition) is 3. The lowest BCUT2D eigenvalue weighted by molar-refractivity contribution is -0.120. The van der Waals surface area contributed by atoms with Gasteiger partial charge in [0, 0.05) is 17.7 Å². The van der Waals surface area contributed by atoms with Crippen molar-refractivity contribution in [3.05, 3.63) is 65.5 Å². The van der Waals surface area contributed by atoms with Gasteiger partial charge in [-0.25, -0.2) is 4.39 Å². The molecular weight excluding hydrogens is 299 g/mol. The molecule has 0 aliphatic rings. The number of benzene rings is 2. The van der Waals surface area contributed by atoms with Crippen LogP contribution in [0.3, 0.4) is 0 Å². The molecule has 2 aromatic rings. The minimum Gasteiger partial charge on any atom is -0.496 e. The maximum atomic E-state index is 13.2. The number of carbonyl (C=O) groups excluding carboxylic acids is 2. The van der Waals surface area contributed by atoms with Crippen molar-refractivity contribution < 1.29 is 18.7 Å². The van der Waals surface area contributed by atoms with Crippen LogP contribution >= 0.6 is 0 Å². The fourth-order valence-corrected chi connectivity index (χ4v) is 1.99. The molecule has 6 heteroatoms. The summed E-state index contributed by atoms with van der Waals surface area (Å²) in [4.78, 5) is 23.6. The maximum Gasteiger partial charge on any atom is 0.251 e. The summed E-state index contributed by atoms with van der Waals surface area (Å²) in [5.74, 6) is -0.628. The average Bonchev–Trinajstić information content (AvgIpc) is 2.58. The number of methoxy groups -OCH3 is 1. The van der Waals surface area contributed by atoms with Crippen LogP contribution in [0.25, 0.3) is 0 Å². The predicted octanol–water partition coefficient (Wildman–Crippen LogP) is 1.88. The molecule has 0 fully saturated rings. The molecule has 2 amide bonds. The third kappa shape index (κ3) is 4.81. The van der Waals surface area contributed by atoms with Crippen molar-refractivity contribution in [2.45, 2.75) is 6.54 Å². The van der Waals surface area contributed by atoms with E-state index in [1.54, 1.807) is 30.3 Å². The smallest absolute Gasteiger partial charge is 0.251 e. The van der Waals surface area contributed by atoms with E-state index in [1.807, 2.05) is 0 Å². The van der Waals surface area contributed by atoms with Gasteiger partial charge in [0.2, 0.25) is 5.91 Å². The minimum absolute atomic E-state index is 0.112. The zero-order chi connectivity index (χ0) is 16.7. The molecule has 23 heavy (non-hydrogen) atoms. The highest BCUT2D eigenvalue weighted by Crippen LogP contribution is 2.18. The molecule has 0 bridgehead atoms. The molecule has 0 unspecified atom stereocenters. The summed E-state index contributed by atoms with van der Waals surface area (Å²) in [7, 11) is 1.47. The predicted molar refractivity (Wildman–Crippen MR) is 83.6 cm³/mol. The molecular formula is C17H17FN2O3. The Labute approximate surface area is 133 Å². The van der Waals surface area contributed by atoms with Crippen LogP contribution in [0.2, 0.25) is 0 Å². The van der Waals surface area contributed by atoms with Crippen LogP contribution in [0.5, 0.6) is 5.75 Å². The summed E-state index contributed by atoms with van der Waals surface area (Å²) < 4.78 is 18.3. The third-order valence-corrected chi connectivity index (χ3v) is 3.16. The Hall–Kier alpha value is -2.89. The topological polar surface area (TPSA) is 67.4 Å². The fourth-order valence-electron chi connectivity index (χ4n) is 1.99. The van der Waals surface area contributed by atoms with Gasteiger partial charge < -0.3 is 15.4 Å². The fraction of sp³-hybridized carbons (Fsp3) is 0.176. The van der Waals surface area contributed by atoms with E-state index in [4.69, 9.17) is 4.74 Å². The van der Waals surface area contributed by atoms with E-state index < -0.39 is 5.82 Å². The van der Waals surface area contributed by atoms with Crippen LogP contribution in [0.1, 0.15) is 15.9 Å². The second kappa shape index (κ2) is 7.93. The van der Waals surface area contributed by atoms with Gasteiger partial charge in [0.1, 0.15) is 11.6 Å². The number of ether oxygens (including phenoxy) is 1. The largest absolute Gasteiger partial charge is 0.496 e. The molecule has 0 aromatic heterocycles. The molecule has 2 N–H and O–H groups in total. The van der Waals surface area contributed by atoms with Gasteiger partial charge >= 0.3 is 0 Å². The summed E-state index contributed by atoms with van der Waals surface area (Å²) in [6, 6.07) is 12.7. The summed E-state index contributed by atoms with van der Waals surface area (Å²) in [5.41, 5.74) is 1.00. The van der Waals surface area contributed by atoms with E-state index in [0.29, 0.717) is 16.9 Å². The summed E-state index contributed by atoms with van der Waals surface area (Å²) in [6.45, 7) is -0.0493. The second-order valence-corrected chi connectivity index (χ2v) is 4.78. The van der Waals surface area contributed by atoms with Crippen molar-refractivity contribution in [3.63, 3.8) is 0 Å². The molecule has 0 aliphatic carbocycles. The molecule has 2 rings (SSSR count). The number of nitrogens with one attached hydrogen (secondary N) is 2. The van der Waals surface area contributed by atoms with E-state index in [-0.39, 0.29) is 24.9 Å². The third-order valence-electron chi connectivity index (χ3n) is 3.16. The molecule has 0 heterocycles. The monoisotopic (exact) mass is 316 g/mol. The van der Waals surface area contributed by atoms with Gasteiger partial charge in [-0.2, -0.15) is 0 Å². The Morgan fingerprint density at radius 3 is 2.52 bits per heavy atom. The van der Waals surface area contributed by atoms with Gasteiger partial charge in [0.05, 0.1) is 13.7 Å². The Morgan fingerprint density at radius 1 is 1.09 bits per heavy atom. The molecule has 120 valence electrons. The summed E-state index contributed by atoms with van der Waals surface area (Å²) in [6.07, 6.45) is 0. The molecule has 0 saturated heterocycles. The molecule has 5 nitrogen and oxygen atoms in total. The highest BCUT2D eigenvalue weighted by atomic mass is 19.1. The van der Waals surface area contributed by atoms with Crippen molar-refractivity contribution in [2.24, 2.45) is 0 Å². The molecule has 0 radical (unpaired) electrons. The SMILES string of the molecule is COc1ccc(F)cc1CNC(=O)CNC(=O)c1ccccc1. The Balaban J connectivity index is 1.84. The van der Waals surface area contributed by atoms with Crippen LogP contribution < -0.4 is 15.4 Å². The molecule has 0 atom stereocenters. The van der Waals surface area contributed by atoms with Crippen molar-refractivity contribution in [1.29, 1.82) is 0 Å². The van der Waals surface area contributed by atoms with Gasteiger partial charge in [-0.15, -0.1) is 0 Å². The van der Waals surface area contributed by atoms with Crippen LogP contribution in [0.4, 0.5) is 4.39 Å². The van der Waals surface area contributed by atoms with Gasteiger partial charge in [0.25, 0.3) is 5.91 Å². The Morgan fingerprint density at radius 2 is 1.83 bits per heavy atom. The van der Waals surface area contributed by atoms with Gasteiger partial charge in [0.15, 0.2) is 0 Å². The van der Waals surface area contributed by atoms with Crippen LogP contribution in [0, 0.1) is 5.82 Å². The Bertz CT molecular complexity index is 689. The first-order chi connectivity index (χ1) is 11.1. The molecule has 0 spiro atoms. The highest BCUT2D eigenvalue weighted by Gasteiger charge is 2.09. The lowest BCUT2D eigenvalue weighted by Crippen LogP contribution is -2.36. The van der Waals surface area contributed by atoms with Crippen molar-refractivity contribution >= 4 is 11.8 Å². The molecule has 2 aromatic carbocycles. The Kier molecular flexibility index (Phi) is 5.68. The van der Waals surface area contributed by atoms with E-state index in [0.717, 1.165) is 0 Å². The van der Waals surface area contributed by atoms with E-state index >= 15 is 0 Å². The molecule has 0 saturated carbocycles. The minimum atomic E-state index is -0.410. The number of rotatable bonds is 6. The van der Waals surface area contributed by atoms with Crippen molar-refractivity contribution in [2.75, 3.05) is 13.7 Å². The van der Waals surface area contributed by atoms with E-state index in [1.165, 1.54) is 25.3 Å². The zero-order valence-corrected chi connectivity index (χ0v) is 12.6. The quantitative estimate of drug-likeness (QED) is 0.855. The van der Waals surface area contributed by atoms with Crippen LogP contribution in [-0.2, 0) is 11.3 Å². The normalized spacial score (nSPS) is 10.0. The zero-order valence-electron chi connectivity index (χ0n) is 12.6. The number of amides is 2. The first-order valence-corrected chi connectivity index (χ1v) is 7.02. The van der Waals surface area contributed by atoms with E-state index in [2.05, 4.69) is 10.6 Å². The standard InChI is InChI=1S/C17H17FN2O3/c1-23-15-8-7-14(18)9-13(15)10-19-16(21)11-20-17(22)12-5-3-2-4-6-12/h2-9H,10-11H2,1H3,(H,19,21)(H,20,22).